The first-order valence-corrected chi connectivity index (χ1v) is 7.06. The van der Waals surface area contributed by atoms with Crippen LogP contribution in [0.1, 0.15) is 26.3 Å². The minimum absolute atomic E-state index is 0.341. The molecule has 0 bridgehead atoms. The summed E-state index contributed by atoms with van der Waals surface area (Å²) < 4.78 is 15.8. The van der Waals surface area contributed by atoms with Crippen LogP contribution in [0.15, 0.2) is 24.3 Å². The minimum atomic E-state index is -0.542. The number of hydrogen-bond acceptors (Lipinski definition) is 5. The van der Waals surface area contributed by atoms with Crippen molar-refractivity contribution in [2.75, 3.05) is 21.3 Å². The highest BCUT2D eigenvalue weighted by Crippen LogP contribution is 2.44. The molecule has 5 nitrogen and oxygen atoms in total. The third kappa shape index (κ3) is 2.08. The lowest BCUT2D eigenvalue weighted by molar-refractivity contribution is 0.0814. The van der Waals surface area contributed by atoms with Crippen LogP contribution in [-0.2, 0) is 0 Å². The van der Waals surface area contributed by atoms with Gasteiger partial charge in [0.1, 0.15) is 5.75 Å². The Morgan fingerprint density at radius 1 is 0.783 bits per heavy atom. The van der Waals surface area contributed by atoms with E-state index >= 15 is 0 Å². The van der Waals surface area contributed by atoms with Crippen LogP contribution in [0.2, 0.25) is 0 Å². The van der Waals surface area contributed by atoms with E-state index in [1.54, 1.807) is 31.2 Å². The first-order valence-electron chi connectivity index (χ1n) is 7.06. The average Bonchev–Trinajstić information content (AvgIpc) is 2.58. The Bertz CT molecular complexity index is 836. The van der Waals surface area contributed by atoms with Crippen molar-refractivity contribution >= 4 is 11.6 Å². The van der Waals surface area contributed by atoms with Gasteiger partial charge in [-0.1, -0.05) is 0 Å². The van der Waals surface area contributed by atoms with E-state index < -0.39 is 11.6 Å². The first kappa shape index (κ1) is 15.1. The number of carbonyl (C=O) groups excluding carboxylic acids is 2. The number of fused-ring (bicyclic) bond motifs is 3. The number of rotatable bonds is 3. The highest BCUT2D eigenvalue weighted by atomic mass is 16.5. The Balaban J connectivity index is 2.38. The maximum atomic E-state index is 12.6. The number of carbonyl (C=O) groups is 2. The standard InChI is InChI=1S/C18H16O5/c1-9-15-12(8-14(22-3)18(9)23-4)11-6-5-10(21-2)7-13(11)16(19)17(15)20/h5-8H,1-4H3. The normalized spacial score (nSPS) is 12.5. The van der Waals surface area contributed by atoms with Crippen LogP contribution >= 0.6 is 0 Å². The van der Waals surface area contributed by atoms with Crippen molar-refractivity contribution in [2.45, 2.75) is 6.92 Å². The van der Waals surface area contributed by atoms with Crippen molar-refractivity contribution < 1.29 is 23.8 Å². The molecule has 0 saturated carbocycles. The van der Waals surface area contributed by atoms with Gasteiger partial charge in [0.25, 0.3) is 0 Å². The Morgan fingerprint density at radius 3 is 2.13 bits per heavy atom. The van der Waals surface area contributed by atoms with Gasteiger partial charge in [0, 0.05) is 16.7 Å². The predicted octanol–water partition coefficient (Wildman–Crippen LogP) is 3.07. The third-order valence-corrected chi connectivity index (χ3v) is 4.10. The zero-order chi connectivity index (χ0) is 16.7. The van der Waals surface area contributed by atoms with Crippen LogP contribution in [0.4, 0.5) is 0 Å². The second kappa shape index (κ2) is 5.43. The van der Waals surface area contributed by atoms with Crippen LogP contribution in [-0.4, -0.2) is 32.9 Å². The first-order chi connectivity index (χ1) is 11.0. The van der Waals surface area contributed by atoms with Gasteiger partial charge in [-0.05, 0) is 42.3 Å². The molecule has 118 valence electrons. The highest BCUT2D eigenvalue weighted by Gasteiger charge is 2.34. The van der Waals surface area contributed by atoms with Gasteiger partial charge in [0.05, 0.1) is 21.3 Å². The van der Waals surface area contributed by atoms with E-state index in [-0.39, 0.29) is 0 Å². The quantitative estimate of drug-likeness (QED) is 0.815. The molecule has 23 heavy (non-hydrogen) atoms. The fourth-order valence-corrected chi connectivity index (χ4v) is 2.99. The molecular formula is C18H16O5. The second-order valence-corrected chi connectivity index (χ2v) is 5.23. The van der Waals surface area contributed by atoms with Crippen LogP contribution in [0.3, 0.4) is 0 Å². The van der Waals surface area contributed by atoms with Crippen LogP contribution in [0.25, 0.3) is 11.1 Å². The number of ether oxygens (including phenoxy) is 3. The molecule has 0 N–H and O–H groups in total. The van der Waals surface area contributed by atoms with Crippen molar-refractivity contribution in [3.05, 3.63) is 41.0 Å². The fourth-order valence-electron chi connectivity index (χ4n) is 2.99. The van der Waals surface area contributed by atoms with E-state index in [9.17, 15) is 9.59 Å². The van der Waals surface area contributed by atoms with Gasteiger partial charge in [0.15, 0.2) is 11.5 Å². The summed E-state index contributed by atoms with van der Waals surface area (Å²) in [5, 5.41) is 0. The maximum Gasteiger partial charge on any atom is 0.234 e. The molecule has 1 aliphatic rings. The van der Waals surface area contributed by atoms with Gasteiger partial charge in [-0.15, -0.1) is 0 Å². The molecule has 2 aromatic carbocycles. The Labute approximate surface area is 133 Å². The summed E-state index contributed by atoms with van der Waals surface area (Å²) >= 11 is 0. The number of methoxy groups -OCH3 is 3. The number of Topliss-reactive ketones (excluding diaryl/α,β-unsaturated/α-hetero) is 2. The number of ketones is 2. The van der Waals surface area contributed by atoms with E-state index in [1.807, 2.05) is 0 Å². The van der Waals surface area contributed by atoms with Gasteiger partial charge in [-0.25, -0.2) is 0 Å². The lowest BCUT2D eigenvalue weighted by Crippen LogP contribution is -2.23. The largest absolute Gasteiger partial charge is 0.497 e. The molecule has 0 heterocycles. The molecule has 0 saturated heterocycles. The molecule has 0 fully saturated rings. The zero-order valence-electron chi connectivity index (χ0n) is 13.4. The molecule has 0 atom stereocenters. The monoisotopic (exact) mass is 312 g/mol. The number of benzene rings is 2. The summed E-state index contributed by atoms with van der Waals surface area (Å²) in [5.74, 6) is 0.434. The Hall–Kier alpha value is -2.82. The van der Waals surface area contributed by atoms with Gasteiger partial charge in [0.2, 0.25) is 11.6 Å². The van der Waals surface area contributed by atoms with Crippen LogP contribution in [0.5, 0.6) is 17.2 Å². The van der Waals surface area contributed by atoms with Crippen molar-refractivity contribution in [3.8, 4) is 28.4 Å². The van der Waals surface area contributed by atoms with Crippen molar-refractivity contribution in [2.24, 2.45) is 0 Å². The average molecular weight is 312 g/mol. The Kier molecular flexibility index (Phi) is 3.56. The summed E-state index contributed by atoms with van der Waals surface area (Å²) in [6, 6.07) is 6.86. The molecule has 1 aliphatic carbocycles. The molecule has 5 heteroatoms. The predicted molar refractivity (Wildman–Crippen MR) is 84.9 cm³/mol. The number of hydrogen-bond donors (Lipinski definition) is 0. The molecule has 0 unspecified atom stereocenters. The van der Waals surface area contributed by atoms with E-state index in [0.29, 0.717) is 45.1 Å². The minimum Gasteiger partial charge on any atom is -0.497 e. The van der Waals surface area contributed by atoms with E-state index in [1.165, 1.54) is 21.3 Å². The molecule has 0 spiro atoms. The van der Waals surface area contributed by atoms with E-state index in [4.69, 9.17) is 14.2 Å². The Morgan fingerprint density at radius 2 is 1.52 bits per heavy atom. The summed E-state index contributed by atoms with van der Waals surface area (Å²) in [6.07, 6.45) is 0. The summed E-state index contributed by atoms with van der Waals surface area (Å²) in [4.78, 5) is 25.1. The molecule has 3 rings (SSSR count). The van der Waals surface area contributed by atoms with Gasteiger partial charge >= 0.3 is 0 Å². The molecule has 2 aromatic rings. The van der Waals surface area contributed by atoms with Crippen molar-refractivity contribution in [1.29, 1.82) is 0 Å². The van der Waals surface area contributed by atoms with E-state index in [0.717, 1.165) is 0 Å². The second-order valence-electron chi connectivity index (χ2n) is 5.23. The highest BCUT2D eigenvalue weighted by molar-refractivity contribution is 6.53. The summed E-state index contributed by atoms with van der Waals surface area (Å²) in [7, 11) is 4.56. The third-order valence-electron chi connectivity index (χ3n) is 4.10. The zero-order valence-corrected chi connectivity index (χ0v) is 13.4. The van der Waals surface area contributed by atoms with Crippen molar-refractivity contribution in [3.63, 3.8) is 0 Å². The van der Waals surface area contributed by atoms with Gasteiger partial charge in [-0.3, -0.25) is 9.59 Å². The van der Waals surface area contributed by atoms with E-state index in [2.05, 4.69) is 0 Å². The fraction of sp³-hybridized carbons (Fsp3) is 0.222. The lowest BCUT2D eigenvalue weighted by Gasteiger charge is -2.23. The smallest absolute Gasteiger partial charge is 0.234 e. The van der Waals surface area contributed by atoms with Crippen LogP contribution in [0, 0.1) is 6.92 Å². The summed E-state index contributed by atoms with van der Waals surface area (Å²) in [5.41, 5.74) is 2.66. The lowest BCUT2D eigenvalue weighted by atomic mass is 9.81. The molecule has 0 amide bonds. The van der Waals surface area contributed by atoms with Gasteiger partial charge in [-0.2, -0.15) is 0 Å². The molecule has 0 aliphatic heterocycles. The van der Waals surface area contributed by atoms with Crippen molar-refractivity contribution in [1.82, 2.24) is 0 Å². The molecule has 0 radical (unpaired) electrons. The summed E-state index contributed by atoms with van der Waals surface area (Å²) in [6.45, 7) is 1.75. The van der Waals surface area contributed by atoms with Gasteiger partial charge < -0.3 is 14.2 Å². The maximum absolute atomic E-state index is 12.6. The topological polar surface area (TPSA) is 61.8 Å². The SMILES string of the molecule is COc1ccc2c(c1)C(=O)C(=O)c1c-2cc(OC)c(OC)c1C. The van der Waals surface area contributed by atoms with Crippen LogP contribution < -0.4 is 14.2 Å². The molecule has 0 aromatic heterocycles. The molecular weight excluding hydrogens is 296 g/mol.